The van der Waals surface area contributed by atoms with Gasteiger partial charge in [0, 0.05) is 37.7 Å². The summed E-state index contributed by atoms with van der Waals surface area (Å²) in [5.41, 5.74) is 1.87. The molecule has 2 aromatic heterocycles. The predicted molar refractivity (Wildman–Crippen MR) is 57.0 cm³/mol. The summed E-state index contributed by atoms with van der Waals surface area (Å²) in [5.74, 6) is 0.662. The summed E-state index contributed by atoms with van der Waals surface area (Å²) < 4.78 is 1.74. The third-order valence-electron chi connectivity index (χ3n) is 2.03. The first-order valence-corrected chi connectivity index (χ1v) is 4.75. The Labute approximate surface area is 88.2 Å². The number of nitrogens with one attached hydrogen (secondary N) is 1. The van der Waals surface area contributed by atoms with E-state index >= 15 is 0 Å². The SMILES string of the molecule is CNCc1cnc(-c2ccn(C)n2)nc1. The van der Waals surface area contributed by atoms with Crippen LogP contribution in [0.2, 0.25) is 0 Å². The Kier molecular flexibility index (Phi) is 2.73. The number of aryl methyl sites for hydroxylation is 1. The van der Waals surface area contributed by atoms with Crippen molar-refractivity contribution >= 4 is 0 Å². The fraction of sp³-hybridized carbons (Fsp3) is 0.300. The second-order valence-corrected chi connectivity index (χ2v) is 3.32. The Balaban J connectivity index is 2.23. The van der Waals surface area contributed by atoms with Crippen molar-refractivity contribution in [2.75, 3.05) is 7.05 Å². The summed E-state index contributed by atoms with van der Waals surface area (Å²) >= 11 is 0. The minimum absolute atomic E-state index is 0.662. The van der Waals surface area contributed by atoms with Gasteiger partial charge < -0.3 is 5.32 Å². The van der Waals surface area contributed by atoms with Crippen LogP contribution in [0, 0.1) is 0 Å². The van der Waals surface area contributed by atoms with Crippen LogP contribution in [0.25, 0.3) is 11.5 Å². The standard InChI is InChI=1S/C10H13N5/c1-11-5-8-6-12-10(13-7-8)9-3-4-15(2)14-9/h3-4,6-7,11H,5H2,1-2H3. The molecule has 5 heteroatoms. The zero-order chi connectivity index (χ0) is 10.7. The molecule has 0 unspecified atom stereocenters. The summed E-state index contributed by atoms with van der Waals surface area (Å²) in [6.07, 6.45) is 5.50. The molecule has 0 fully saturated rings. The number of hydrogen-bond donors (Lipinski definition) is 1. The predicted octanol–water partition coefficient (Wildman–Crippen LogP) is 0.596. The average molecular weight is 203 g/mol. The van der Waals surface area contributed by atoms with Crippen molar-refractivity contribution in [2.45, 2.75) is 6.54 Å². The van der Waals surface area contributed by atoms with Gasteiger partial charge in [0.25, 0.3) is 0 Å². The maximum absolute atomic E-state index is 4.25. The lowest BCUT2D eigenvalue weighted by molar-refractivity contribution is 0.767. The first kappa shape index (κ1) is 9.79. The molecule has 2 rings (SSSR count). The molecule has 0 amide bonds. The normalized spacial score (nSPS) is 10.5. The molecule has 15 heavy (non-hydrogen) atoms. The maximum Gasteiger partial charge on any atom is 0.180 e. The third kappa shape index (κ3) is 2.19. The summed E-state index contributed by atoms with van der Waals surface area (Å²) in [5, 5.41) is 7.28. The van der Waals surface area contributed by atoms with Gasteiger partial charge in [-0.25, -0.2) is 9.97 Å². The van der Waals surface area contributed by atoms with E-state index in [4.69, 9.17) is 0 Å². The van der Waals surface area contributed by atoms with Crippen LogP contribution in [0.5, 0.6) is 0 Å². The van der Waals surface area contributed by atoms with Gasteiger partial charge in [-0.05, 0) is 13.1 Å². The van der Waals surface area contributed by atoms with E-state index in [0.29, 0.717) is 5.82 Å². The Morgan fingerprint density at radius 3 is 2.60 bits per heavy atom. The van der Waals surface area contributed by atoms with Gasteiger partial charge in [-0.15, -0.1) is 0 Å². The lowest BCUT2D eigenvalue weighted by Gasteiger charge is -1.99. The zero-order valence-electron chi connectivity index (χ0n) is 8.81. The van der Waals surface area contributed by atoms with Crippen LogP contribution in [0.3, 0.4) is 0 Å². The van der Waals surface area contributed by atoms with Crippen molar-refractivity contribution in [3.8, 4) is 11.5 Å². The Bertz CT molecular complexity index is 431. The first-order chi connectivity index (χ1) is 7.29. The van der Waals surface area contributed by atoms with E-state index in [9.17, 15) is 0 Å². The Morgan fingerprint density at radius 1 is 1.33 bits per heavy atom. The van der Waals surface area contributed by atoms with Crippen molar-refractivity contribution in [3.05, 3.63) is 30.2 Å². The molecule has 1 N–H and O–H groups in total. The second-order valence-electron chi connectivity index (χ2n) is 3.32. The maximum atomic E-state index is 4.25. The molecule has 0 atom stereocenters. The molecule has 0 aliphatic carbocycles. The van der Waals surface area contributed by atoms with Gasteiger partial charge in [0.05, 0.1) is 0 Å². The molecule has 0 saturated carbocycles. The second kappa shape index (κ2) is 4.18. The van der Waals surface area contributed by atoms with E-state index in [2.05, 4.69) is 20.4 Å². The lowest BCUT2D eigenvalue weighted by Crippen LogP contribution is -2.06. The molecule has 78 valence electrons. The van der Waals surface area contributed by atoms with Crippen LogP contribution in [-0.2, 0) is 13.6 Å². The van der Waals surface area contributed by atoms with E-state index in [1.54, 1.807) is 4.68 Å². The summed E-state index contributed by atoms with van der Waals surface area (Å²) in [6, 6.07) is 1.90. The van der Waals surface area contributed by atoms with Gasteiger partial charge in [-0.2, -0.15) is 5.10 Å². The van der Waals surface area contributed by atoms with Gasteiger partial charge in [0.2, 0.25) is 0 Å². The van der Waals surface area contributed by atoms with Gasteiger partial charge in [0.15, 0.2) is 5.82 Å². The van der Waals surface area contributed by atoms with Crippen LogP contribution in [0.1, 0.15) is 5.56 Å². The highest BCUT2D eigenvalue weighted by molar-refractivity contribution is 5.47. The summed E-state index contributed by atoms with van der Waals surface area (Å²) in [6.45, 7) is 0.780. The van der Waals surface area contributed by atoms with Crippen LogP contribution in [0.4, 0.5) is 0 Å². The first-order valence-electron chi connectivity index (χ1n) is 4.75. The topological polar surface area (TPSA) is 55.6 Å². The smallest absolute Gasteiger partial charge is 0.180 e. The van der Waals surface area contributed by atoms with Gasteiger partial charge in [-0.1, -0.05) is 0 Å². The molecule has 0 spiro atoms. The van der Waals surface area contributed by atoms with Crippen molar-refractivity contribution in [2.24, 2.45) is 7.05 Å². The fourth-order valence-electron chi connectivity index (χ4n) is 1.32. The number of aromatic nitrogens is 4. The minimum atomic E-state index is 0.662. The van der Waals surface area contributed by atoms with Crippen LogP contribution < -0.4 is 5.32 Å². The average Bonchev–Trinajstić information content (AvgIpc) is 2.67. The molecule has 0 saturated heterocycles. The number of rotatable bonds is 3. The molecular formula is C10H13N5. The monoisotopic (exact) mass is 203 g/mol. The van der Waals surface area contributed by atoms with E-state index in [0.717, 1.165) is 17.8 Å². The highest BCUT2D eigenvalue weighted by atomic mass is 15.3. The highest BCUT2D eigenvalue weighted by Gasteiger charge is 2.03. The van der Waals surface area contributed by atoms with Crippen molar-refractivity contribution in [3.63, 3.8) is 0 Å². The summed E-state index contributed by atoms with van der Waals surface area (Å²) in [7, 11) is 3.77. The molecule has 0 aromatic carbocycles. The molecule has 0 radical (unpaired) electrons. The van der Waals surface area contributed by atoms with Crippen LogP contribution in [-0.4, -0.2) is 26.8 Å². The van der Waals surface area contributed by atoms with E-state index in [1.807, 2.05) is 38.8 Å². The van der Waals surface area contributed by atoms with Crippen molar-refractivity contribution < 1.29 is 0 Å². The number of hydrogen-bond acceptors (Lipinski definition) is 4. The van der Waals surface area contributed by atoms with Crippen LogP contribution >= 0.6 is 0 Å². The molecule has 0 aliphatic rings. The third-order valence-corrected chi connectivity index (χ3v) is 2.03. The number of nitrogens with zero attached hydrogens (tertiary/aromatic N) is 4. The van der Waals surface area contributed by atoms with Gasteiger partial charge in [0.1, 0.15) is 5.69 Å². The molecule has 2 aromatic rings. The van der Waals surface area contributed by atoms with Crippen LogP contribution in [0.15, 0.2) is 24.7 Å². The lowest BCUT2D eigenvalue weighted by atomic mass is 10.3. The molecule has 5 nitrogen and oxygen atoms in total. The largest absolute Gasteiger partial charge is 0.316 e. The molecular weight excluding hydrogens is 190 g/mol. The highest BCUT2D eigenvalue weighted by Crippen LogP contribution is 2.10. The van der Waals surface area contributed by atoms with Crippen molar-refractivity contribution in [1.29, 1.82) is 0 Å². The molecule has 0 aliphatic heterocycles. The molecule has 2 heterocycles. The zero-order valence-corrected chi connectivity index (χ0v) is 8.81. The van der Waals surface area contributed by atoms with E-state index in [-0.39, 0.29) is 0 Å². The fourth-order valence-corrected chi connectivity index (χ4v) is 1.32. The van der Waals surface area contributed by atoms with E-state index < -0.39 is 0 Å². The quantitative estimate of drug-likeness (QED) is 0.793. The Morgan fingerprint density at radius 2 is 2.07 bits per heavy atom. The van der Waals surface area contributed by atoms with E-state index in [1.165, 1.54) is 0 Å². The van der Waals surface area contributed by atoms with Gasteiger partial charge >= 0.3 is 0 Å². The van der Waals surface area contributed by atoms with Crippen molar-refractivity contribution in [1.82, 2.24) is 25.1 Å². The van der Waals surface area contributed by atoms with Gasteiger partial charge in [-0.3, -0.25) is 4.68 Å². The summed E-state index contributed by atoms with van der Waals surface area (Å²) in [4.78, 5) is 8.51. The minimum Gasteiger partial charge on any atom is -0.316 e. The Hall–Kier alpha value is -1.75. The molecule has 0 bridgehead atoms.